The molecule has 0 aromatic heterocycles. The van der Waals surface area contributed by atoms with Crippen LogP contribution in [0.1, 0.15) is 6.92 Å². The topological polar surface area (TPSA) is 37.3 Å². The monoisotopic (exact) mass is 162 g/mol. The lowest BCUT2D eigenvalue weighted by atomic mass is 10.4. The fourth-order valence-electron chi connectivity index (χ4n) is 0. The highest BCUT2D eigenvalue weighted by molar-refractivity contribution is 7.55. The van der Waals surface area contributed by atoms with Gasteiger partial charge in [-0.1, -0.05) is 6.58 Å². The number of hydrogen-bond donors (Lipinski definition) is 1. The van der Waals surface area contributed by atoms with Gasteiger partial charge in [-0.2, -0.15) is 0 Å². The number of carboxylic acids is 1. The molecule has 3 heteroatoms. The molecule has 0 radical (unpaired) electrons. The van der Waals surface area contributed by atoms with Gasteiger partial charge in [0.1, 0.15) is 0 Å². The zero-order valence-corrected chi connectivity index (χ0v) is 7.90. The highest BCUT2D eigenvalue weighted by Gasteiger charge is 1.90. The highest BCUT2D eigenvalue weighted by Crippen LogP contribution is 2.14. The number of rotatable bonds is 1. The van der Waals surface area contributed by atoms with E-state index in [4.69, 9.17) is 5.11 Å². The summed E-state index contributed by atoms with van der Waals surface area (Å²) in [6, 6.07) is 0. The second-order valence-corrected chi connectivity index (χ2v) is 5.11. The van der Waals surface area contributed by atoms with Gasteiger partial charge >= 0.3 is 5.97 Å². The van der Waals surface area contributed by atoms with Gasteiger partial charge in [-0.05, 0) is 26.9 Å². The largest absolute Gasteiger partial charge is 0.478 e. The molecular weight excluding hydrogens is 147 g/mol. The summed E-state index contributed by atoms with van der Waals surface area (Å²) in [7, 11) is 0.380. The summed E-state index contributed by atoms with van der Waals surface area (Å²) < 4.78 is 0. The van der Waals surface area contributed by atoms with E-state index in [9.17, 15) is 4.79 Å². The fraction of sp³-hybridized carbons (Fsp3) is 0.571. The normalized spacial score (nSPS) is 8.10. The molecule has 0 rings (SSSR count). The van der Waals surface area contributed by atoms with E-state index in [1.807, 2.05) is 0 Å². The van der Waals surface area contributed by atoms with Crippen LogP contribution in [0.15, 0.2) is 12.2 Å². The lowest BCUT2D eigenvalue weighted by molar-refractivity contribution is -0.132. The molecule has 0 aromatic rings. The Balaban J connectivity index is 0. The molecule has 60 valence electrons. The molecule has 0 aromatic carbocycles. The first-order valence-corrected chi connectivity index (χ1v) is 5.56. The average molecular weight is 162 g/mol. The third kappa shape index (κ3) is 25.4. The Kier molecular flexibility index (Phi) is 8.33. The van der Waals surface area contributed by atoms with E-state index in [1.54, 1.807) is 0 Å². The van der Waals surface area contributed by atoms with Gasteiger partial charge in [0.2, 0.25) is 0 Å². The maximum Gasteiger partial charge on any atom is 0.330 e. The van der Waals surface area contributed by atoms with Gasteiger partial charge in [0.05, 0.1) is 0 Å². The summed E-state index contributed by atoms with van der Waals surface area (Å²) >= 11 is 0. The molecule has 0 saturated heterocycles. The first kappa shape index (κ1) is 12.3. The van der Waals surface area contributed by atoms with Gasteiger partial charge in [0.15, 0.2) is 0 Å². The quantitative estimate of drug-likeness (QED) is 0.473. The molecular formula is C7H15O2P. The highest BCUT2D eigenvalue weighted by atomic mass is 31.1. The second kappa shape index (κ2) is 6.76. The summed E-state index contributed by atoms with van der Waals surface area (Å²) in [5.41, 5.74) is 0.176. The summed E-state index contributed by atoms with van der Waals surface area (Å²) in [4.78, 5) is 9.60. The average Bonchev–Trinajstić information content (AvgIpc) is 1.63. The van der Waals surface area contributed by atoms with Crippen molar-refractivity contribution in [2.75, 3.05) is 20.0 Å². The van der Waals surface area contributed by atoms with Crippen LogP contribution in [0.3, 0.4) is 0 Å². The van der Waals surface area contributed by atoms with Crippen LogP contribution in [-0.2, 0) is 4.79 Å². The first-order chi connectivity index (χ1) is 4.37. The van der Waals surface area contributed by atoms with Crippen LogP contribution >= 0.6 is 7.92 Å². The Labute approximate surface area is 63.7 Å². The van der Waals surface area contributed by atoms with Crippen LogP contribution in [0, 0.1) is 0 Å². The maximum atomic E-state index is 9.60. The molecule has 10 heavy (non-hydrogen) atoms. The van der Waals surface area contributed by atoms with Crippen molar-refractivity contribution in [1.29, 1.82) is 0 Å². The summed E-state index contributed by atoms with van der Waals surface area (Å²) in [6.07, 6.45) is 0. The Hall–Kier alpha value is -0.360. The fourth-order valence-corrected chi connectivity index (χ4v) is 0. The third-order valence-electron chi connectivity index (χ3n) is 0.365. The molecule has 2 nitrogen and oxygen atoms in total. The molecule has 0 saturated carbocycles. The van der Waals surface area contributed by atoms with E-state index in [1.165, 1.54) is 6.92 Å². The van der Waals surface area contributed by atoms with E-state index in [2.05, 4.69) is 26.6 Å². The molecule has 0 amide bonds. The van der Waals surface area contributed by atoms with Crippen LogP contribution in [0.2, 0.25) is 0 Å². The molecule has 0 atom stereocenters. The molecule has 0 fully saturated rings. The van der Waals surface area contributed by atoms with Gasteiger partial charge in [-0.25, -0.2) is 4.79 Å². The van der Waals surface area contributed by atoms with Crippen molar-refractivity contribution in [2.24, 2.45) is 0 Å². The SMILES string of the molecule is C=C(C)C(=O)O.CP(C)C. The van der Waals surface area contributed by atoms with E-state index < -0.39 is 5.97 Å². The van der Waals surface area contributed by atoms with Crippen LogP contribution in [0.25, 0.3) is 0 Å². The van der Waals surface area contributed by atoms with Gasteiger partial charge in [0, 0.05) is 5.57 Å². The summed E-state index contributed by atoms with van der Waals surface area (Å²) in [5, 5.41) is 7.89. The van der Waals surface area contributed by atoms with Crippen LogP contribution in [0.4, 0.5) is 0 Å². The van der Waals surface area contributed by atoms with Crippen molar-refractivity contribution in [3.8, 4) is 0 Å². The van der Waals surface area contributed by atoms with Crippen molar-refractivity contribution in [1.82, 2.24) is 0 Å². The Morgan fingerprint density at radius 1 is 1.40 bits per heavy atom. The van der Waals surface area contributed by atoms with Gasteiger partial charge in [-0.15, -0.1) is 7.92 Å². The Morgan fingerprint density at radius 2 is 1.50 bits per heavy atom. The molecule has 0 aliphatic rings. The van der Waals surface area contributed by atoms with E-state index in [-0.39, 0.29) is 5.57 Å². The summed E-state index contributed by atoms with van der Waals surface area (Å²) in [6.45, 7) is 11.3. The minimum absolute atomic E-state index is 0.176. The predicted octanol–water partition coefficient (Wildman–Crippen LogP) is 2.00. The molecule has 0 spiro atoms. The zero-order valence-electron chi connectivity index (χ0n) is 7.01. The predicted molar refractivity (Wildman–Crippen MR) is 47.1 cm³/mol. The third-order valence-corrected chi connectivity index (χ3v) is 0.365. The lowest BCUT2D eigenvalue weighted by Crippen LogP contribution is -1.92. The molecule has 0 aliphatic carbocycles. The van der Waals surface area contributed by atoms with Gasteiger partial charge in [0.25, 0.3) is 0 Å². The van der Waals surface area contributed by atoms with Crippen molar-refractivity contribution in [2.45, 2.75) is 6.92 Å². The number of hydrogen-bond acceptors (Lipinski definition) is 1. The van der Waals surface area contributed by atoms with E-state index in [0.717, 1.165) is 0 Å². The van der Waals surface area contributed by atoms with E-state index in [0.29, 0.717) is 7.92 Å². The van der Waals surface area contributed by atoms with Crippen molar-refractivity contribution < 1.29 is 9.90 Å². The standard InChI is InChI=1S/C4H6O2.C3H9P/c1-3(2)4(5)6;1-4(2)3/h1H2,2H3,(H,5,6);1-3H3. The van der Waals surface area contributed by atoms with E-state index >= 15 is 0 Å². The van der Waals surface area contributed by atoms with Crippen LogP contribution in [-0.4, -0.2) is 31.1 Å². The minimum atomic E-state index is -0.935. The maximum absolute atomic E-state index is 9.60. The number of carbonyl (C=O) groups is 1. The number of carboxylic acid groups (broad SMARTS) is 1. The summed E-state index contributed by atoms with van der Waals surface area (Å²) in [5.74, 6) is -0.935. The molecule has 0 aliphatic heterocycles. The van der Waals surface area contributed by atoms with Crippen LogP contribution in [0.5, 0.6) is 0 Å². The lowest BCUT2D eigenvalue weighted by Gasteiger charge is -1.81. The Bertz CT molecular complexity index is 104. The minimum Gasteiger partial charge on any atom is -0.478 e. The Morgan fingerprint density at radius 3 is 1.50 bits per heavy atom. The van der Waals surface area contributed by atoms with Crippen molar-refractivity contribution in [3.05, 3.63) is 12.2 Å². The molecule has 0 bridgehead atoms. The van der Waals surface area contributed by atoms with Crippen LogP contribution < -0.4 is 0 Å². The molecule has 0 unspecified atom stereocenters. The van der Waals surface area contributed by atoms with Gasteiger partial charge in [-0.3, -0.25) is 0 Å². The molecule has 0 heterocycles. The van der Waals surface area contributed by atoms with Crippen molar-refractivity contribution >= 4 is 13.9 Å². The van der Waals surface area contributed by atoms with Crippen molar-refractivity contribution in [3.63, 3.8) is 0 Å². The first-order valence-electron chi connectivity index (χ1n) is 2.87. The number of aliphatic carboxylic acids is 1. The molecule has 1 N–H and O–H groups in total. The smallest absolute Gasteiger partial charge is 0.330 e. The van der Waals surface area contributed by atoms with Gasteiger partial charge < -0.3 is 5.11 Å². The second-order valence-electron chi connectivity index (χ2n) is 2.43. The zero-order chi connectivity index (χ0) is 8.73.